The van der Waals surface area contributed by atoms with Crippen LogP contribution in [0.2, 0.25) is 0 Å². The predicted molar refractivity (Wildman–Crippen MR) is 52.2 cm³/mol. The molecule has 1 fully saturated rings. The van der Waals surface area contributed by atoms with Crippen molar-refractivity contribution in [2.24, 2.45) is 13.0 Å². The van der Waals surface area contributed by atoms with Crippen molar-refractivity contribution in [1.29, 1.82) is 0 Å². The van der Waals surface area contributed by atoms with Crippen molar-refractivity contribution >= 4 is 0 Å². The predicted octanol–water partition coefficient (Wildman–Crippen LogP) is 3.43. The van der Waals surface area contributed by atoms with E-state index in [4.69, 9.17) is 0 Å². The number of rotatable bonds is 0. The number of hydrogen-bond donors (Lipinski definition) is 0. The van der Waals surface area contributed by atoms with Gasteiger partial charge in [-0.05, 0) is 18.8 Å². The maximum Gasteiger partial charge on any atom is 0.435 e. The number of halogens is 5. The third kappa shape index (κ3) is 1.30. The lowest BCUT2D eigenvalue weighted by atomic mass is 9.94. The highest BCUT2D eigenvalue weighted by molar-refractivity contribution is 5.42. The highest BCUT2D eigenvalue weighted by Gasteiger charge is 2.61. The lowest BCUT2D eigenvalue weighted by molar-refractivity contribution is -0.142. The van der Waals surface area contributed by atoms with E-state index in [1.807, 2.05) is 0 Å². The third-order valence-electron chi connectivity index (χ3n) is 4.02. The Morgan fingerprint density at radius 2 is 1.94 bits per heavy atom. The number of aromatic nitrogens is 2. The minimum absolute atomic E-state index is 0.266. The molecular weight excluding hydrogens is 255 g/mol. The Morgan fingerprint density at radius 1 is 1.28 bits per heavy atom. The molecule has 18 heavy (non-hydrogen) atoms. The van der Waals surface area contributed by atoms with Crippen molar-refractivity contribution in [1.82, 2.24) is 9.78 Å². The van der Waals surface area contributed by atoms with Crippen molar-refractivity contribution in [3.63, 3.8) is 0 Å². The SMILES string of the molecule is Cn1nc(C(F)(F)F)c2c1C(F)(F)[C@@H]1CCC[C@H]21. The molecule has 0 spiro atoms. The van der Waals surface area contributed by atoms with Gasteiger partial charge in [-0.3, -0.25) is 4.68 Å². The smallest absolute Gasteiger partial charge is 0.266 e. The van der Waals surface area contributed by atoms with E-state index in [0.29, 0.717) is 17.5 Å². The van der Waals surface area contributed by atoms with Crippen molar-refractivity contribution in [2.75, 3.05) is 0 Å². The quantitative estimate of drug-likeness (QED) is 0.658. The van der Waals surface area contributed by atoms with Crippen molar-refractivity contribution in [2.45, 2.75) is 37.3 Å². The van der Waals surface area contributed by atoms with Crippen LogP contribution in [-0.2, 0) is 19.1 Å². The lowest BCUT2D eigenvalue weighted by Gasteiger charge is -2.19. The molecule has 2 atom stereocenters. The van der Waals surface area contributed by atoms with E-state index in [1.165, 1.54) is 0 Å². The summed E-state index contributed by atoms with van der Waals surface area (Å²) in [6.07, 6.45) is -3.44. The summed E-state index contributed by atoms with van der Waals surface area (Å²) in [6.45, 7) is 0. The zero-order chi connectivity index (χ0) is 13.3. The van der Waals surface area contributed by atoms with Gasteiger partial charge in [-0.15, -0.1) is 0 Å². The summed E-state index contributed by atoms with van der Waals surface area (Å²) in [7, 11) is 1.16. The van der Waals surface area contributed by atoms with Gasteiger partial charge >= 0.3 is 6.18 Å². The summed E-state index contributed by atoms with van der Waals surface area (Å²) in [4.78, 5) is 0. The molecular formula is C11H11F5N2. The Morgan fingerprint density at radius 3 is 2.56 bits per heavy atom. The van der Waals surface area contributed by atoms with Gasteiger partial charge in [-0.1, -0.05) is 6.42 Å². The first kappa shape index (κ1) is 11.9. The summed E-state index contributed by atoms with van der Waals surface area (Å²) >= 11 is 0. The van der Waals surface area contributed by atoms with E-state index >= 15 is 0 Å². The van der Waals surface area contributed by atoms with Crippen LogP contribution in [0.3, 0.4) is 0 Å². The molecule has 2 nitrogen and oxygen atoms in total. The molecule has 0 unspecified atom stereocenters. The van der Waals surface area contributed by atoms with Crippen LogP contribution >= 0.6 is 0 Å². The standard InChI is InChI=1S/C11H11F5N2/c1-18-9-7(8(17-18)11(14,15)16)5-3-2-4-6(5)10(9,12)13/h5-6H,2-4H2,1H3/t5-,6+/m0/s1. The zero-order valence-electron chi connectivity index (χ0n) is 9.56. The first-order valence-corrected chi connectivity index (χ1v) is 5.77. The number of hydrogen-bond acceptors (Lipinski definition) is 1. The fraction of sp³-hybridized carbons (Fsp3) is 0.727. The van der Waals surface area contributed by atoms with Gasteiger partial charge in [0.1, 0.15) is 5.69 Å². The average molecular weight is 266 g/mol. The highest BCUT2D eigenvalue weighted by atomic mass is 19.4. The summed E-state index contributed by atoms with van der Waals surface area (Å²) in [5.74, 6) is -4.88. The summed E-state index contributed by atoms with van der Waals surface area (Å²) in [6, 6.07) is 0. The Balaban J connectivity index is 2.25. The van der Waals surface area contributed by atoms with Gasteiger partial charge < -0.3 is 0 Å². The Bertz CT molecular complexity index is 502. The molecule has 0 saturated heterocycles. The second kappa shape index (κ2) is 3.24. The minimum atomic E-state index is -4.67. The normalized spacial score (nSPS) is 29.4. The molecule has 1 heterocycles. The molecule has 7 heteroatoms. The number of nitrogens with zero attached hydrogens (tertiary/aromatic N) is 2. The first-order valence-electron chi connectivity index (χ1n) is 5.77. The summed E-state index contributed by atoms with van der Waals surface area (Å²) in [5.41, 5.74) is -1.93. The van der Waals surface area contributed by atoms with E-state index < -0.39 is 35.3 Å². The van der Waals surface area contributed by atoms with Gasteiger partial charge in [0.05, 0.1) is 0 Å². The topological polar surface area (TPSA) is 17.8 Å². The number of fused-ring (bicyclic) bond motifs is 3. The van der Waals surface area contributed by atoms with Crippen LogP contribution in [0.15, 0.2) is 0 Å². The third-order valence-corrected chi connectivity index (χ3v) is 4.02. The Hall–Kier alpha value is -1.14. The van der Waals surface area contributed by atoms with Gasteiger partial charge in [0.15, 0.2) is 5.69 Å². The lowest BCUT2D eigenvalue weighted by Crippen LogP contribution is -2.23. The van der Waals surface area contributed by atoms with Crippen LogP contribution in [-0.4, -0.2) is 9.78 Å². The molecule has 2 aliphatic rings. The van der Waals surface area contributed by atoms with Crippen LogP contribution in [0.25, 0.3) is 0 Å². The fourth-order valence-corrected chi connectivity index (χ4v) is 3.41. The molecule has 1 aromatic heterocycles. The van der Waals surface area contributed by atoms with Crippen LogP contribution in [0.5, 0.6) is 0 Å². The highest BCUT2D eigenvalue weighted by Crippen LogP contribution is 2.61. The van der Waals surface area contributed by atoms with E-state index in [1.54, 1.807) is 0 Å². The van der Waals surface area contributed by atoms with E-state index in [2.05, 4.69) is 5.10 Å². The molecule has 1 saturated carbocycles. The van der Waals surface area contributed by atoms with Crippen LogP contribution in [0.1, 0.15) is 42.1 Å². The van der Waals surface area contributed by atoms with E-state index in [9.17, 15) is 22.0 Å². The molecule has 0 aliphatic heterocycles. The number of aryl methyl sites for hydroxylation is 1. The molecule has 0 radical (unpaired) electrons. The minimum Gasteiger partial charge on any atom is -0.266 e. The molecule has 1 aromatic rings. The van der Waals surface area contributed by atoms with Gasteiger partial charge in [0, 0.05) is 18.5 Å². The average Bonchev–Trinajstić information content (AvgIpc) is 2.82. The van der Waals surface area contributed by atoms with Crippen molar-refractivity contribution in [3.05, 3.63) is 17.0 Å². The second-order valence-corrected chi connectivity index (χ2v) is 5.00. The maximum absolute atomic E-state index is 14.1. The molecule has 3 rings (SSSR count). The summed E-state index contributed by atoms with van der Waals surface area (Å²) in [5, 5.41) is 3.27. The van der Waals surface area contributed by atoms with Gasteiger partial charge in [-0.2, -0.15) is 27.1 Å². The van der Waals surface area contributed by atoms with Gasteiger partial charge in [-0.25, -0.2) is 0 Å². The maximum atomic E-state index is 14.1. The van der Waals surface area contributed by atoms with Crippen LogP contribution in [0, 0.1) is 5.92 Å². The van der Waals surface area contributed by atoms with E-state index in [0.717, 1.165) is 7.05 Å². The molecule has 0 amide bonds. The van der Waals surface area contributed by atoms with E-state index in [-0.39, 0.29) is 12.0 Å². The first-order chi connectivity index (χ1) is 8.24. The van der Waals surface area contributed by atoms with Crippen molar-refractivity contribution < 1.29 is 22.0 Å². The van der Waals surface area contributed by atoms with Crippen LogP contribution in [0.4, 0.5) is 22.0 Å². The number of alkyl halides is 5. The molecule has 0 aromatic carbocycles. The second-order valence-electron chi connectivity index (χ2n) is 5.00. The molecule has 0 N–H and O–H groups in total. The Labute approximate surface area is 99.8 Å². The Kier molecular flexibility index (Phi) is 2.15. The summed E-state index contributed by atoms with van der Waals surface area (Å²) < 4.78 is 67.5. The molecule has 100 valence electrons. The van der Waals surface area contributed by atoms with Crippen LogP contribution < -0.4 is 0 Å². The zero-order valence-corrected chi connectivity index (χ0v) is 9.56. The van der Waals surface area contributed by atoms with Crippen molar-refractivity contribution in [3.8, 4) is 0 Å². The van der Waals surface area contributed by atoms with Gasteiger partial charge in [0.2, 0.25) is 0 Å². The monoisotopic (exact) mass is 266 g/mol. The molecule has 0 bridgehead atoms. The molecule has 2 aliphatic carbocycles. The van der Waals surface area contributed by atoms with Gasteiger partial charge in [0.25, 0.3) is 5.92 Å². The fourth-order valence-electron chi connectivity index (χ4n) is 3.41. The largest absolute Gasteiger partial charge is 0.435 e.